The number of hydrogen-bond acceptors (Lipinski definition) is 1. The fourth-order valence-corrected chi connectivity index (χ4v) is 3.99. The minimum Gasteiger partial charge on any atom is -0.481 e. The summed E-state index contributed by atoms with van der Waals surface area (Å²) in [5.74, 6) is -0.511. The second kappa shape index (κ2) is 6.64. The lowest BCUT2D eigenvalue weighted by Gasteiger charge is -2.30. The monoisotopic (exact) mass is 320 g/mol. The van der Waals surface area contributed by atoms with E-state index in [0.29, 0.717) is 0 Å². The Morgan fingerprint density at radius 1 is 1.00 bits per heavy atom. The third-order valence-electron chi connectivity index (χ3n) is 5.39. The van der Waals surface area contributed by atoms with Crippen molar-refractivity contribution in [3.63, 3.8) is 0 Å². The van der Waals surface area contributed by atoms with Crippen LogP contribution in [0.3, 0.4) is 0 Å². The molecule has 1 fully saturated rings. The van der Waals surface area contributed by atoms with Crippen molar-refractivity contribution < 1.29 is 9.90 Å². The Labute approximate surface area is 143 Å². The van der Waals surface area contributed by atoms with E-state index in [1.54, 1.807) is 0 Å². The zero-order valence-electron chi connectivity index (χ0n) is 14.3. The zero-order chi connectivity index (χ0) is 17.2. The first-order valence-corrected chi connectivity index (χ1v) is 8.56. The van der Waals surface area contributed by atoms with Crippen LogP contribution < -0.4 is 0 Å². The third-order valence-corrected chi connectivity index (χ3v) is 5.39. The van der Waals surface area contributed by atoms with Crippen LogP contribution in [0.1, 0.15) is 44.2 Å². The Morgan fingerprint density at radius 2 is 1.50 bits per heavy atom. The predicted octanol–water partition coefficient (Wildman–Crippen LogP) is 5.40. The quantitative estimate of drug-likeness (QED) is 0.819. The highest BCUT2D eigenvalue weighted by Gasteiger charge is 2.41. The van der Waals surface area contributed by atoms with E-state index in [0.717, 1.165) is 12.8 Å². The Bertz CT molecular complexity index is 701. The van der Waals surface area contributed by atoms with Crippen molar-refractivity contribution >= 4 is 11.5 Å². The molecule has 2 nitrogen and oxygen atoms in total. The maximum absolute atomic E-state index is 11.2. The molecule has 2 aromatic carbocycles. The van der Waals surface area contributed by atoms with Crippen molar-refractivity contribution in [3.05, 3.63) is 77.4 Å². The molecule has 1 saturated carbocycles. The molecule has 0 aliphatic heterocycles. The van der Waals surface area contributed by atoms with Crippen LogP contribution in [0.5, 0.6) is 0 Å². The van der Waals surface area contributed by atoms with Gasteiger partial charge in [0, 0.05) is 6.42 Å². The predicted molar refractivity (Wildman–Crippen MR) is 97.7 cm³/mol. The topological polar surface area (TPSA) is 37.3 Å². The second-order valence-corrected chi connectivity index (χ2v) is 7.14. The molecule has 2 heteroatoms. The summed E-state index contributed by atoms with van der Waals surface area (Å²) in [4.78, 5) is 11.2. The highest BCUT2D eigenvalue weighted by molar-refractivity contribution is 5.83. The fraction of sp³-hybridized carbons (Fsp3) is 0.318. The Morgan fingerprint density at radius 3 is 1.96 bits per heavy atom. The lowest BCUT2D eigenvalue weighted by molar-refractivity contribution is -0.138. The van der Waals surface area contributed by atoms with Crippen LogP contribution in [0.2, 0.25) is 0 Å². The molecule has 1 atom stereocenters. The maximum atomic E-state index is 11.2. The van der Waals surface area contributed by atoms with Crippen LogP contribution in [0.15, 0.2) is 66.2 Å². The molecule has 3 rings (SSSR count). The molecule has 0 bridgehead atoms. The third kappa shape index (κ3) is 3.14. The Hall–Kier alpha value is -2.35. The number of carboxylic acid groups (broad SMARTS) is 1. The molecule has 1 aliphatic rings. The van der Waals surface area contributed by atoms with Gasteiger partial charge in [-0.25, -0.2) is 0 Å². The van der Waals surface area contributed by atoms with Gasteiger partial charge in [0.2, 0.25) is 0 Å². The molecule has 0 heterocycles. The summed E-state index contributed by atoms with van der Waals surface area (Å²) in [6.07, 6.45) is 2.15. The first-order valence-electron chi connectivity index (χ1n) is 8.56. The normalized spacial score (nSPS) is 19.2. The first-order chi connectivity index (χ1) is 11.5. The molecular formula is C22H24O2. The number of hydrogen-bond donors (Lipinski definition) is 1. The first kappa shape index (κ1) is 16.5. The number of rotatable bonds is 4. The van der Waals surface area contributed by atoms with E-state index in [1.165, 1.54) is 22.3 Å². The summed E-state index contributed by atoms with van der Waals surface area (Å²) in [6, 6.07) is 20.9. The smallest absolute Gasteiger partial charge is 0.303 e. The standard InChI is InChI=1S/C22H24O2/c1-22(2)18(15-20(23)24)13-14-19(22)21(16-9-5-3-6-10-16)17-11-7-4-8-12-17/h3-12,18H,13-15H2,1-2H3,(H,23,24)/t18-/m1/s1. The van der Waals surface area contributed by atoms with Crippen LogP contribution in [-0.2, 0) is 4.79 Å². The van der Waals surface area contributed by atoms with Crippen molar-refractivity contribution in [2.24, 2.45) is 11.3 Å². The molecule has 0 radical (unpaired) electrons. The number of carboxylic acids is 1. The molecule has 2 aromatic rings. The van der Waals surface area contributed by atoms with Crippen LogP contribution in [-0.4, -0.2) is 11.1 Å². The average Bonchev–Trinajstić information content (AvgIpc) is 2.85. The van der Waals surface area contributed by atoms with Gasteiger partial charge in [-0.15, -0.1) is 0 Å². The molecule has 0 unspecified atom stereocenters. The van der Waals surface area contributed by atoms with Crippen molar-refractivity contribution in [1.82, 2.24) is 0 Å². The summed E-state index contributed by atoms with van der Waals surface area (Å²) in [5, 5.41) is 9.25. The van der Waals surface area contributed by atoms with E-state index in [9.17, 15) is 9.90 Å². The van der Waals surface area contributed by atoms with Gasteiger partial charge in [-0.05, 0) is 40.9 Å². The Balaban J connectivity index is 2.15. The number of benzene rings is 2. The summed E-state index contributed by atoms with van der Waals surface area (Å²) < 4.78 is 0. The molecule has 1 N–H and O–H groups in total. The number of allylic oxidation sites excluding steroid dienone is 1. The number of aliphatic carboxylic acids is 1. The molecule has 24 heavy (non-hydrogen) atoms. The van der Waals surface area contributed by atoms with E-state index < -0.39 is 5.97 Å². The fourth-order valence-electron chi connectivity index (χ4n) is 3.99. The van der Waals surface area contributed by atoms with Gasteiger partial charge in [-0.3, -0.25) is 4.79 Å². The largest absolute Gasteiger partial charge is 0.481 e. The van der Waals surface area contributed by atoms with Crippen LogP contribution in [0.4, 0.5) is 0 Å². The molecule has 0 amide bonds. The van der Waals surface area contributed by atoms with E-state index in [4.69, 9.17) is 0 Å². The lowest BCUT2D eigenvalue weighted by atomic mass is 9.74. The van der Waals surface area contributed by atoms with E-state index in [2.05, 4.69) is 62.4 Å². The van der Waals surface area contributed by atoms with Gasteiger partial charge in [0.25, 0.3) is 0 Å². The molecule has 124 valence electrons. The zero-order valence-corrected chi connectivity index (χ0v) is 14.3. The highest BCUT2D eigenvalue weighted by atomic mass is 16.4. The Kier molecular flexibility index (Phi) is 4.57. The highest BCUT2D eigenvalue weighted by Crippen LogP contribution is 2.52. The SMILES string of the molecule is CC1(C)C(=C(c2ccccc2)c2ccccc2)CC[C@@H]1CC(=O)O. The molecule has 0 aromatic heterocycles. The van der Waals surface area contributed by atoms with Gasteiger partial charge < -0.3 is 5.11 Å². The van der Waals surface area contributed by atoms with Gasteiger partial charge in [-0.2, -0.15) is 0 Å². The van der Waals surface area contributed by atoms with Crippen molar-refractivity contribution in [1.29, 1.82) is 0 Å². The molecule has 0 saturated heterocycles. The van der Waals surface area contributed by atoms with Gasteiger partial charge in [-0.1, -0.05) is 80.1 Å². The summed E-state index contributed by atoms with van der Waals surface area (Å²) in [6.45, 7) is 4.41. The van der Waals surface area contributed by atoms with Gasteiger partial charge in [0.05, 0.1) is 0 Å². The molecule has 1 aliphatic carbocycles. The van der Waals surface area contributed by atoms with Crippen molar-refractivity contribution in [2.75, 3.05) is 0 Å². The van der Waals surface area contributed by atoms with Crippen LogP contribution >= 0.6 is 0 Å². The minimum absolute atomic E-state index is 0.112. The van der Waals surface area contributed by atoms with Gasteiger partial charge in [0.1, 0.15) is 0 Å². The van der Waals surface area contributed by atoms with Gasteiger partial charge in [0.15, 0.2) is 0 Å². The second-order valence-electron chi connectivity index (χ2n) is 7.14. The molecular weight excluding hydrogens is 296 g/mol. The minimum atomic E-state index is -0.699. The van der Waals surface area contributed by atoms with Crippen molar-refractivity contribution in [3.8, 4) is 0 Å². The lowest BCUT2D eigenvalue weighted by Crippen LogP contribution is -2.22. The van der Waals surface area contributed by atoms with Gasteiger partial charge >= 0.3 is 5.97 Å². The average molecular weight is 320 g/mol. The van der Waals surface area contributed by atoms with E-state index >= 15 is 0 Å². The summed E-state index contributed by atoms with van der Waals surface area (Å²) in [7, 11) is 0. The summed E-state index contributed by atoms with van der Waals surface area (Å²) in [5.41, 5.74) is 4.96. The van der Waals surface area contributed by atoms with E-state index in [-0.39, 0.29) is 17.8 Å². The van der Waals surface area contributed by atoms with Crippen molar-refractivity contribution in [2.45, 2.75) is 33.1 Å². The number of carbonyl (C=O) groups is 1. The van der Waals surface area contributed by atoms with Crippen LogP contribution in [0.25, 0.3) is 5.57 Å². The van der Waals surface area contributed by atoms with E-state index in [1.807, 2.05) is 12.1 Å². The molecule has 0 spiro atoms. The van der Waals surface area contributed by atoms with Crippen LogP contribution in [0, 0.1) is 11.3 Å². The maximum Gasteiger partial charge on any atom is 0.303 e. The summed E-state index contributed by atoms with van der Waals surface area (Å²) >= 11 is 0.